The predicted molar refractivity (Wildman–Crippen MR) is 53.5 cm³/mol. The lowest BCUT2D eigenvalue weighted by Gasteiger charge is -2.10. The van der Waals surface area contributed by atoms with Crippen molar-refractivity contribution in [3.8, 4) is 6.07 Å². The maximum Gasteiger partial charge on any atom is 0.222 e. The minimum absolute atomic E-state index is 0.0356. The molecule has 0 aromatic carbocycles. The molecule has 1 aliphatic carbocycles. The van der Waals surface area contributed by atoms with Crippen LogP contribution in [-0.4, -0.2) is 24.5 Å². The quantitative estimate of drug-likeness (QED) is 0.650. The van der Waals surface area contributed by atoms with E-state index in [-0.39, 0.29) is 18.4 Å². The van der Waals surface area contributed by atoms with Gasteiger partial charge >= 0.3 is 0 Å². The molecule has 4 heteroatoms. The summed E-state index contributed by atoms with van der Waals surface area (Å²) in [5.74, 6) is -0.0356. The summed E-state index contributed by atoms with van der Waals surface area (Å²) in [5, 5.41) is 14.7. The molecule has 4 nitrogen and oxygen atoms in total. The molecule has 0 spiro atoms. The van der Waals surface area contributed by atoms with Crippen molar-refractivity contribution < 1.29 is 4.79 Å². The van der Waals surface area contributed by atoms with Gasteiger partial charge in [0.1, 0.15) is 6.04 Å². The third kappa shape index (κ3) is 4.24. The summed E-state index contributed by atoms with van der Waals surface area (Å²) < 4.78 is 0. The standard InChI is InChI=1S/C10H17N3O/c1-2-5-12-10(14)6-9(7-11)13-8-3-4-8/h8-9,13H,2-6H2,1H3,(H,12,14). The van der Waals surface area contributed by atoms with Crippen LogP contribution in [0.1, 0.15) is 32.6 Å². The molecule has 1 atom stereocenters. The molecule has 0 saturated heterocycles. The van der Waals surface area contributed by atoms with Crippen molar-refractivity contribution in [2.24, 2.45) is 0 Å². The molecule has 0 bridgehead atoms. The monoisotopic (exact) mass is 195 g/mol. The van der Waals surface area contributed by atoms with Crippen molar-refractivity contribution in [2.45, 2.75) is 44.7 Å². The van der Waals surface area contributed by atoms with Gasteiger partial charge in [-0.15, -0.1) is 0 Å². The number of nitriles is 1. The van der Waals surface area contributed by atoms with E-state index in [0.29, 0.717) is 12.6 Å². The van der Waals surface area contributed by atoms with Crippen LogP contribution in [0.25, 0.3) is 0 Å². The van der Waals surface area contributed by atoms with Gasteiger partial charge in [0.15, 0.2) is 0 Å². The fourth-order valence-electron chi connectivity index (χ4n) is 1.20. The average molecular weight is 195 g/mol. The second-order valence-corrected chi connectivity index (χ2v) is 3.68. The number of amides is 1. The summed E-state index contributed by atoms with van der Waals surface area (Å²) in [6.07, 6.45) is 3.47. The van der Waals surface area contributed by atoms with Crippen molar-refractivity contribution in [1.82, 2.24) is 10.6 Å². The molecule has 1 saturated carbocycles. The summed E-state index contributed by atoms with van der Waals surface area (Å²) >= 11 is 0. The van der Waals surface area contributed by atoms with Crippen LogP contribution in [0, 0.1) is 11.3 Å². The van der Waals surface area contributed by atoms with Gasteiger partial charge in [-0.1, -0.05) is 6.92 Å². The van der Waals surface area contributed by atoms with Crippen molar-refractivity contribution in [2.75, 3.05) is 6.54 Å². The van der Waals surface area contributed by atoms with E-state index in [9.17, 15) is 4.79 Å². The number of rotatable bonds is 6. The number of carbonyl (C=O) groups is 1. The maximum absolute atomic E-state index is 11.3. The highest BCUT2D eigenvalue weighted by Gasteiger charge is 2.25. The van der Waals surface area contributed by atoms with Crippen LogP contribution in [0.4, 0.5) is 0 Å². The van der Waals surface area contributed by atoms with E-state index in [1.54, 1.807) is 0 Å². The van der Waals surface area contributed by atoms with E-state index >= 15 is 0 Å². The van der Waals surface area contributed by atoms with Crippen LogP contribution in [-0.2, 0) is 4.79 Å². The fraction of sp³-hybridized carbons (Fsp3) is 0.800. The Morgan fingerprint density at radius 1 is 1.64 bits per heavy atom. The maximum atomic E-state index is 11.3. The smallest absolute Gasteiger partial charge is 0.222 e. The lowest BCUT2D eigenvalue weighted by molar-refractivity contribution is -0.121. The van der Waals surface area contributed by atoms with E-state index < -0.39 is 0 Å². The third-order valence-corrected chi connectivity index (χ3v) is 2.13. The van der Waals surface area contributed by atoms with Crippen LogP contribution in [0.5, 0.6) is 0 Å². The summed E-state index contributed by atoms with van der Waals surface area (Å²) in [6.45, 7) is 2.70. The van der Waals surface area contributed by atoms with Crippen molar-refractivity contribution >= 4 is 5.91 Å². The van der Waals surface area contributed by atoms with Gasteiger partial charge in [-0.2, -0.15) is 5.26 Å². The van der Waals surface area contributed by atoms with Crippen LogP contribution in [0.2, 0.25) is 0 Å². The molecule has 0 heterocycles. The van der Waals surface area contributed by atoms with Gasteiger partial charge in [-0.05, 0) is 19.3 Å². The highest BCUT2D eigenvalue weighted by Crippen LogP contribution is 2.19. The molecular formula is C10H17N3O. The first kappa shape index (κ1) is 11.0. The molecule has 14 heavy (non-hydrogen) atoms. The summed E-state index contributed by atoms with van der Waals surface area (Å²) in [5.41, 5.74) is 0. The average Bonchev–Trinajstić information content (AvgIpc) is 2.97. The normalized spacial score (nSPS) is 17.1. The number of carbonyl (C=O) groups excluding carboxylic acids is 1. The molecule has 1 fully saturated rings. The highest BCUT2D eigenvalue weighted by atomic mass is 16.1. The number of hydrogen-bond acceptors (Lipinski definition) is 3. The Morgan fingerprint density at radius 2 is 2.36 bits per heavy atom. The second-order valence-electron chi connectivity index (χ2n) is 3.68. The Bertz CT molecular complexity index is 230. The Balaban J connectivity index is 2.17. The van der Waals surface area contributed by atoms with Gasteiger partial charge in [0.05, 0.1) is 12.5 Å². The summed E-state index contributed by atoms with van der Waals surface area (Å²) in [4.78, 5) is 11.3. The fourth-order valence-corrected chi connectivity index (χ4v) is 1.20. The first-order valence-electron chi connectivity index (χ1n) is 5.18. The Morgan fingerprint density at radius 3 is 2.86 bits per heavy atom. The molecule has 0 radical (unpaired) electrons. The van der Waals surface area contributed by atoms with Crippen LogP contribution < -0.4 is 10.6 Å². The number of nitrogens with one attached hydrogen (secondary N) is 2. The van der Waals surface area contributed by atoms with E-state index in [1.807, 2.05) is 6.92 Å². The molecule has 0 aromatic rings. The van der Waals surface area contributed by atoms with Gasteiger partial charge in [0.25, 0.3) is 0 Å². The van der Waals surface area contributed by atoms with Gasteiger partial charge in [0.2, 0.25) is 5.91 Å². The minimum Gasteiger partial charge on any atom is -0.356 e. The minimum atomic E-state index is -0.320. The molecule has 1 amide bonds. The lowest BCUT2D eigenvalue weighted by Crippen LogP contribution is -2.36. The Hall–Kier alpha value is -1.08. The largest absolute Gasteiger partial charge is 0.356 e. The molecule has 78 valence electrons. The van der Waals surface area contributed by atoms with Crippen molar-refractivity contribution in [3.05, 3.63) is 0 Å². The van der Waals surface area contributed by atoms with Gasteiger partial charge in [0, 0.05) is 12.6 Å². The summed E-state index contributed by atoms with van der Waals surface area (Å²) in [6, 6.07) is 2.26. The molecule has 2 N–H and O–H groups in total. The SMILES string of the molecule is CCCNC(=O)CC(C#N)NC1CC1. The third-order valence-electron chi connectivity index (χ3n) is 2.13. The van der Waals surface area contributed by atoms with Crippen LogP contribution in [0.3, 0.4) is 0 Å². The van der Waals surface area contributed by atoms with Crippen LogP contribution in [0.15, 0.2) is 0 Å². The van der Waals surface area contributed by atoms with Crippen molar-refractivity contribution in [3.63, 3.8) is 0 Å². The van der Waals surface area contributed by atoms with Gasteiger partial charge < -0.3 is 5.32 Å². The van der Waals surface area contributed by atoms with E-state index in [4.69, 9.17) is 5.26 Å². The zero-order valence-corrected chi connectivity index (χ0v) is 8.55. The zero-order chi connectivity index (χ0) is 10.4. The van der Waals surface area contributed by atoms with Crippen LogP contribution >= 0.6 is 0 Å². The molecule has 1 rings (SSSR count). The molecular weight excluding hydrogens is 178 g/mol. The van der Waals surface area contributed by atoms with E-state index in [2.05, 4.69) is 16.7 Å². The lowest BCUT2D eigenvalue weighted by atomic mass is 10.2. The summed E-state index contributed by atoms with van der Waals surface area (Å²) in [7, 11) is 0. The van der Waals surface area contributed by atoms with Gasteiger partial charge in [-0.25, -0.2) is 0 Å². The molecule has 0 aromatic heterocycles. The van der Waals surface area contributed by atoms with E-state index in [0.717, 1.165) is 19.3 Å². The number of hydrogen-bond donors (Lipinski definition) is 2. The second kappa shape index (κ2) is 5.61. The molecule has 1 aliphatic rings. The Labute approximate surface area is 84.7 Å². The van der Waals surface area contributed by atoms with Gasteiger partial charge in [-0.3, -0.25) is 10.1 Å². The Kier molecular flexibility index (Phi) is 4.41. The highest BCUT2D eigenvalue weighted by molar-refractivity contribution is 5.76. The van der Waals surface area contributed by atoms with E-state index in [1.165, 1.54) is 0 Å². The topological polar surface area (TPSA) is 64.9 Å². The molecule has 0 aliphatic heterocycles. The van der Waals surface area contributed by atoms with Crippen molar-refractivity contribution in [1.29, 1.82) is 5.26 Å². The zero-order valence-electron chi connectivity index (χ0n) is 8.55. The predicted octanol–water partition coefficient (Wildman–Crippen LogP) is 0.547. The first-order chi connectivity index (χ1) is 6.76. The molecule has 1 unspecified atom stereocenters. The number of nitrogens with zero attached hydrogens (tertiary/aromatic N) is 1. The first-order valence-corrected chi connectivity index (χ1v) is 5.18.